The second-order valence-corrected chi connectivity index (χ2v) is 13.6. The number of benzene rings is 1. The number of nitrogens with one attached hydrogen (secondary N) is 1. The highest BCUT2D eigenvalue weighted by Gasteiger charge is 2.25. The number of Topliss-reactive ketones (excluding diaryl/α,β-unsaturated/α-hetero) is 1. The van der Waals surface area contributed by atoms with Gasteiger partial charge in [0.2, 0.25) is 11.4 Å². The van der Waals surface area contributed by atoms with Crippen LogP contribution >= 0.6 is 11.3 Å². The Hall–Kier alpha value is -4.55. The zero-order valence-corrected chi connectivity index (χ0v) is 30.6. The standard InChI is InChI=1S/C31H29N5O6S.C5H12.C2H6/c1-17(37)24-13-20-15-32-31(34-29(20)36(24)22-4-2-3-5-22)33-21-11-18(10-19(12-21)30(39)40)23-16-43-28-25(38)14-26(42-27(23)28)35-6-8-41-9-7-35;1-4-5(2)3;1-2/h10-16,22H,2-9H2,1H3,(H,39,40)(H,32,33,34);5H,4H2,1-3H3;1-2H3. The van der Waals surface area contributed by atoms with Gasteiger partial charge in [0.1, 0.15) is 10.3 Å². The van der Waals surface area contributed by atoms with Crippen LogP contribution in [0.4, 0.5) is 17.5 Å². The summed E-state index contributed by atoms with van der Waals surface area (Å²) in [6, 6.07) is 8.40. The van der Waals surface area contributed by atoms with Gasteiger partial charge in [-0.1, -0.05) is 53.9 Å². The summed E-state index contributed by atoms with van der Waals surface area (Å²) in [5, 5.41) is 15.7. The Bertz CT molecular complexity index is 2020. The third-order valence-corrected chi connectivity index (χ3v) is 9.92. The Labute approximate surface area is 296 Å². The van der Waals surface area contributed by atoms with Crippen molar-refractivity contribution in [3.63, 3.8) is 0 Å². The van der Waals surface area contributed by atoms with E-state index in [-0.39, 0.29) is 28.8 Å². The van der Waals surface area contributed by atoms with Gasteiger partial charge in [-0.05, 0) is 48.6 Å². The number of carbonyl (C=O) groups is 2. The lowest BCUT2D eigenvalue weighted by atomic mass is 10.0. The molecule has 1 saturated carbocycles. The number of fused-ring (bicyclic) bond motifs is 2. The van der Waals surface area contributed by atoms with Crippen LogP contribution < -0.4 is 15.6 Å². The van der Waals surface area contributed by atoms with Crippen molar-refractivity contribution in [1.82, 2.24) is 14.5 Å². The first-order valence-electron chi connectivity index (χ1n) is 17.6. The fraction of sp³-hybridized carbons (Fsp3) is 0.447. The molecule has 1 aromatic carbocycles. The molecule has 1 aliphatic heterocycles. The maximum absolute atomic E-state index is 13.0. The molecule has 12 heteroatoms. The summed E-state index contributed by atoms with van der Waals surface area (Å²) >= 11 is 1.26. The topological polar surface area (TPSA) is 140 Å². The van der Waals surface area contributed by atoms with Gasteiger partial charge in [-0.25, -0.2) is 9.78 Å². The number of morpholine rings is 1. The first kappa shape index (κ1) is 36.7. The average molecular weight is 702 g/mol. The van der Waals surface area contributed by atoms with E-state index in [0.717, 1.165) is 37.0 Å². The normalized spacial score (nSPS) is 14.7. The second-order valence-electron chi connectivity index (χ2n) is 12.8. The van der Waals surface area contributed by atoms with Crippen molar-refractivity contribution in [1.29, 1.82) is 0 Å². The molecule has 0 radical (unpaired) electrons. The van der Waals surface area contributed by atoms with Gasteiger partial charge in [-0.2, -0.15) is 4.98 Å². The largest absolute Gasteiger partial charge is 0.478 e. The van der Waals surface area contributed by atoms with Crippen molar-refractivity contribution >= 4 is 61.9 Å². The number of carbonyl (C=O) groups excluding carboxylic acids is 1. The molecule has 0 amide bonds. The number of anilines is 3. The van der Waals surface area contributed by atoms with Crippen molar-refractivity contribution in [2.75, 3.05) is 36.5 Å². The first-order chi connectivity index (χ1) is 24.1. The third kappa shape index (κ3) is 8.08. The van der Waals surface area contributed by atoms with Crippen LogP contribution in [-0.2, 0) is 4.74 Å². The maximum Gasteiger partial charge on any atom is 0.335 e. The van der Waals surface area contributed by atoms with E-state index in [1.807, 2.05) is 34.8 Å². The fourth-order valence-electron chi connectivity index (χ4n) is 6.05. The molecule has 0 spiro atoms. The van der Waals surface area contributed by atoms with Gasteiger partial charge in [-0.3, -0.25) is 9.59 Å². The van der Waals surface area contributed by atoms with Crippen molar-refractivity contribution < 1.29 is 23.8 Å². The maximum atomic E-state index is 13.0. The third-order valence-electron chi connectivity index (χ3n) is 8.94. The molecule has 2 N–H and O–H groups in total. The Morgan fingerprint density at radius 1 is 1.08 bits per heavy atom. The molecule has 1 saturated heterocycles. The van der Waals surface area contributed by atoms with Crippen LogP contribution in [0.2, 0.25) is 0 Å². The quantitative estimate of drug-likeness (QED) is 0.151. The number of aromatic nitrogens is 3. The van der Waals surface area contributed by atoms with Crippen LogP contribution in [0.3, 0.4) is 0 Å². The monoisotopic (exact) mass is 701 g/mol. The molecule has 5 aromatic rings. The van der Waals surface area contributed by atoms with Crippen LogP contribution in [0, 0.1) is 5.92 Å². The van der Waals surface area contributed by atoms with E-state index in [4.69, 9.17) is 14.1 Å². The molecule has 0 unspecified atom stereocenters. The number of hydrogen-bond donors (Lipinski definition) is 2. The summed E-state index contributed by atoms with van der Waals surface area (Å²) in [4.78, 5) is 48.8. The summed E-state index contributed by atoms with van der Waals surface area (Å²) in [6.45, 7) is 14.5. The van der Waals surface area contributed by atoms with Crippen molar-refractivity contribution in [3.05, 3.63) is 63.4 Å². The van der Waals surface area contributed by atoms with E-state index in [9.17, 15) is 19.5 Å². The highest BCUT2D eigenvalue weighted by Crippen LogP contribution is 2.38. The number of rotatable bonds is 8. The first-order valence-corrected chi connectivity index (χ1v) is 18.4. The smallest absolute Gasteiger partial charge is 0.335 e. The number of carboxylic acids is 1. The molecule has 11 nitrogen and oxygen atoms in total. The molecule has 2 aliphatic rings. The van der Waals surface area contributed by atoms with Crippen molar-refractivity contribution in [2.24, 2.45) is 5.92 Å². The molecule has 1 aliphatic carbocycles. The molecule has 50 heavy (non-hydrogen) atoms. The van der Waals surface area contributed by atoms with E-state index in [2.05, 4.69) is 31.1 Å². The number of thiophene rings is 1. The summed E-state index contributed by atoms with van der Waals surface area (Å²) in [7, 11) is 0. The van der Waals surface area contributed by atoms with Gasteiger partial charge < -0.3 is 29.0 Å². The van der Waals surface area contributed by atoms with Crippen LogP contribution in [0.25, 0.3) is 32.4 Å². The van der Waals surface area contributed by atoms with Crippen molar-refractivity contribution in [2.45, 2.75) is 79.7 Å². The highest BCUT2D eigenvalue weighted by molar-refractivity contribution is 7.17. The highest BCUT2D eigenvalue weighted by atomic mass is 32.1. The van der Waals surface area contributed by atoms with Crippen LogP contribution in [0.5, 0.6) is 0 Å². The number of ether oxygens (including phenoxy) is 1. The van der Waals surface area contributed by atoms with Gasteiger partial charge in [-0.15, -0.1) is 11.3 Å². The SMILES string of the molecule is CC.CC(=O)c1cc2cnc(Nc3cc(C(=O)O)cc(-c4csc5c(=O)cc(N6CCOCC6)oc45)c3)nc2n1C1CCCC1.CCC(C)C. The van der Waals surface area contributed by atoms with Gasteiger partial charge in [0.25, 0.3) is 0 Å². The van der Waals surface area contributed by atoms with E-state index in [1.54, 1.807) is 25.3 Å². The molecule has 0 bridgehead atoms. The molecule has 5 heterocycles. The Morgan fingerprint density at radius 3 is 2.42 bits per heavy atom. The number of hydrogen-bond acceptors (Lipinski definition) is 10. The summed E-state index contributed by atoms with van der Waals surface area (Å²) in [5.41, 5.74) is 3.27. The number of aromatic carboxylic acids is 1. The Balaban J connectivity index is 0.000000640. The zero-order valence-electron chi connectivity index (χ0n) is 29.7. The second kappa shape index (κ2) is 16.4. The van der Waals surface area contributed by atoms with E-state index in [0.29, 0.717) is 70.6 Å². The Kier molecular flexibility index (Phi) is 12.1. The predicted molar refractivity (Wildman–Crippen MR) is 201 cm³/mol. The summed E-state index contributed by atoms with van der Waals surface area (Å²) < 4.78 is 14.2. The van der Waals surface area contributed by atoms with E-state index >= 15 is 0 Å². The minimum absolute atomic E-state index is 0.0235. The van der Waals surface area contributed by atoms with Gasteiger partial charge in [0.15, 0.2) is 17.3 Å². The lowest BCUT2D eigenvalue weighted by molar-refractivity contribution is 0.0696. The number of ketones is 1. The van der Waals surface area contributed by atoms with Gasteiger partial charge in [0, 0.05) is 60.3 Å². The predicted octanol–water partition coefficient (Wildman–Crippen LogP) is 8.94. The number of carboxylic acid groups (broad SMARTS) is 1. The van der Waals surface area contributed by atoms with Gasteiger partial charge >= 0.3 is 5.97 Å². The molecule has 4 aromatic heterocycles. The molecule has 266 valence electrons. The van der Waals surface area contributed by atoms with Gasteiger partial charge in [0.05, 0.1) is 24.5 Å². The lowest BCUT2D eigenvalue weighted by Gasteiger charge is -2.27. The van der Waals surface area contributed by atoms with Crippen LogP contribution in [0.15, 0.2) is 51.1 Å². The molecular weight excluding hydrogens is 655 g/mol. The molecule has 7 rings (SSSR count). The zero-order chi connectivity index (χ0) is 35.9. The van der Waals surface area contributed by atoms with E-state index in [1.165, 1.54) is 29.9 Å². The minimum Gasteiger partial charge on any atom is -0.478 e. The number of nitrogens with zero attached hydrogens (tertiary/aromatic N) is 4. The van der Waals surface area contributed by atoms with Crippen LogP contribution in [-0.4, -0.2) is 57.7 Å². The van der Waals surface area contributed by atoms with Crippen LogP contribution in [0.1, 0.15) is 101 Å². The minimum atomic E-state index is -1.10. The summed E-state index contributed by atoms with van der Waals surface area (Å²) in [6.07, 6.45) is 7.16. The lowest BCUT2D eigenvalue weighted by Crippen LogP contribution is -2.36. The molecule has 0 atom stereocenters. The molecule has 2 fully saturated rings. The molecular formula is C38H47N5O6S. The average Bonchev–Trinajstić information content (AvgIpc) is 3.89. The van der Waals surface area contributed by atoms with E-state index < -0.39 is 5.97 Å². The summed E-state index contributed by atoms with van der Waals surface area (Å²) in [5.74, 6) is 0.506. The fourth-order valence-corrected chi connectivity index (χ4v) is 6.96. The van der Waals surface area contributed by atoms with Crippen molar-refractivity contribution in [3.8, 4) is 11.1 Å². The Morgan fingerprint density at radius 2 is 1.78 bits per heavy atom.